The fourth-order valence-corrected chi connectivity index (χ4v) is 0.552. The Hall–Kier alpha value is -1.77. The van der Waals surface area contributed by atoms with Gasteiger partial charge in [0.1, 0.15) is 0 Å². The van der Waals surface area contributed by atoms with Crippen LogP contribution in [-0.2, 0) is 14.3 Å². The number of methoxy groups -OCH3 is 1. The molecule has 0 saturated carbocycles. The zero-order chi connectivity index (χ0) is 10.3. The molecule has 0 heterocycles. The average molecular weight is 186 g/mol. The molecule has 0 unspecified atom stereocenters. The molecule has 13 heavy (non-hydrogen) atoms. The lowest BCUT2D eigenvalue weighted by Crippen LogP contribution is -2.40. The van der Waals surface area contributed by atoms with E-state index in [1.54, 1.807) is 13.0 Å². The van der Waals surface area contributed by atoms with Gasteiger partial charge in [0.25, 0.3) is 0 Å². The molecule has 0 spiro atoms. The third-order valence-corrected chi connectivity index (χ3v) is 1.10. The monoisotopic (exact) mass is 186 g/mol. The second-order valence-corrected chi connectivity index (χ2v) is 1.95. The van der Waals surface area contributed by atoms with Gasteiger partial charge in [-0.25, -0.2) is 9.59 Å². The van der Waals surface area contributed by atoms with Crippen LogP contribution >= 0.6 is 0 Å². The van der Waals surface area contributed by atoms with Gasteiger partial charge in [-0.1, -0.05) is 0 Å². The number of nitrogens with one attached hydrogen (secondary N) is 1. The summed E-state index contributed by atoms with van der Waals surface area (Å²) in [6.45, 7) is 1.78. The predicted octanol–water partition coefficient (Wildman–Crippen LogP) is -0.202. The summed E-state index contributed by atoms with van der Waals surface area (Å²) in [5, 5.41) is 10.4. The van der Waals surface area contributed by atoms with E-state index in [1.165, 1.54) is 0 Å². The van der Waals surface area contributed by atoms with Crippen LogP contribution in [0.3, 0.4) is 0 Å². The Morgan fingerprint density at radius 1 is 1.62 bits per heavy atom. The number of nitrogens with zero attached hydrogens (tertiary/aromatic N) is 1. The third kappa shape index (κ3) is 3.96. The summed E-state index contributed by atoms with van der Waals surface area (Å²) in [4.78, 5) is 21.5. The predicted molar refractivity (Wildman–Crippen MR) is 41.6 cm³/mol. The van der Waals surface area contributed by atoms with Crippen LogP contribution in [0.15, 0.2) is 0 Å². The van der Waals surface area contributed by atoms with E-state index in [1.807, 2.05) is 5.32 Å². The van der Waals surface area contributed by atoms with Crippen molar-refractivity contribution in [1.82, 2.24) is 5.32 Å². The van der Waals surface area contributed by atoms with Gasteiger partial charge in [0, 0.05) is 0 Å². The molecule has 0 saturated heterocycles. The quantitative estimate of drug-likeness (QED) is 0.616. The van der Waals surface area contributed by atoms with Crippen molar-refractivity contribution in [2.24, 2.45) is 0 Å². The van der Waals surface area contributed by atoms with Crippen LogP contribution in [0, 0.1) is 11.3 Å². The maximum atomic E-state index is 10.8. The van der Waals surface area contributed by atoms with Gasteiger partial charge in [0.2, 0.25) is 6.04 Å². The first-order valence-corrected chi connectivity index (χ1v) is 3.56. The van der Waals surface area contributed by atoms with Gasteiger partial charge in [-0.2, -0.15) is 5.26 Å². The summed E-state index contributed by atoms with van der Waals surface area (Å²) in [6, 6.07) is 0.240. The maximum absolute atomic E-state index is 10.8. The first kappa shape index (κ1) is 11.2. The Bertz CT molecular complexity index is 233. The first-order chi connectivity index (χ1) is 6.15. The number of ether oxygens (including phenoxy) is 2. The molecule has 0 rings (SSSR count). The molecule has 1 atom stereocenters. The van der Waals surface area contributed by atoms with Crippen LogP contribution in [0.1, 0.15) is 6.92 Å². The average Bonchev–Trinajstić information content (AvgIpc) is 2.13. The highest BCUT2D eigenvalue weighted by atomic mass is 16.6. The number of carbonyl (C=O) groups excluding carboxylic acids is 2. The molecule has 0 aromatic rings. The van der Waals surface area contributed by atoms with Gasteiger partial charge in [0.05, 0.1) is 19.8 Å². The molecule has 0 fully saturated rings. The number of amides is 1. The fourth-order valence-electron chi connectivity index (χ4n) is 0.552. The fraction of sp³-hybridized carbons (Fsp3) is 0.571. The van der Waals surface area contributed by atoms with Crippen molar-refractivity contribution in [1.29, 1.82) is 5.26 Å². The lowest BCUT2D eigenvalue weighted by molar-refractivity contribution is -0.141. The molecular formula is C7H10N2O4. The van der Waals surface area contributed by atoms with Gasteiger partial charge in [-0.15, -0.1) is 0 Å². The van der Waals surface area contributed by atoms with Crippen LogP contribution in [0.2, 0.25) is 0 Å². The van der Waals surface area contributed by atoms with E-state index in [0.717, 1.165) is 7.11 Å². The second kappa shape index (κ2) is 5.83. The molecule has 72 valence electrons. The number of hydrogen-bond donors (Lipinski definition) is 1. The Labute approximate surface area is 75.4 Å². The Morgan fingerprint density at radius 2 is 2.23 bits per heavy atom. The van der Waals surface area contributed by atoms with Gasteiger partial charge in [-0.05, 0) is 6.92 Å². The molecule has 0 aliphatic rings. The van der Waals surface area contributed by atoms with Crippen molar-refractivity contribution in [2.45, 2.75) is 13.0 Å². The van der Waals surface area contributed by atoms with E-state index in [-0.39, 0.29) is 6.61 Å². The van der Waals surface area contributed by atoms with E-state index < -0.39 is 18.1 Å². The Kier molecular flexibility index (Phi) is 5.03. The minimum Gasteiger partial charge on any atom is -0.467 e. The van der Waals surface area contributed by atoms with E-state index in [0.29, 0.717) is 0 Å². The van der Waals surface area contributed by atoms with Crippen LogP contribution in [0.4, 0.5) is 4.79 Å². The molecule has 1 amide bonds. The molecule has 6 nitrogen and oxygen atoms in total. The van der Waals surface area contributed by atoms with Crippen molar-refractivity contribution < 1.29 is 19.1 Å². The number of esters is 1. The molecule has 1 N–H and O–H groups in total. The summed E-state index contributed by atoms with van der Waals surface area (Å²) < 4.78 is 8.71. The van der Waals surface area contributed by atoms with E-state index in [4.69, 9.17) is 5.26 Å². The lowest BCUT2D eigenvalue weighted by atomic mass is 10.3. The largest absolute Gasteiger partial charge is 0.467 e. The van der Waals surface area contributed by atoms with Crippen LogP contribution in [-0.4, -0.2) is 31.8 Å². The summed E-state index contributed by atoms with van der Waals surface area (Å²) in [5.74, 6) is -0.824. The highest BCUT2D eigenvalue weighted by Gasteiger charge is 2.20. The van der Waals surface area contributed by atoms with Crippen LogP contribution < -0.4 is 5.32 Å². The highest BCUT2D eigenvalue weighted by molar-refractivity contribution is 5.83. The maximum Gasteiger partial charge on any atom is 0.408 e. The molecule has 0 aromatic heterocycles. The molecule has 0 bridgehead atoms. The van der Waals surface area contributed by atoms with Crippen molar-refractivity contribution in [3.05, 3.63) is 0 Å². The first-order valence-electron chi connectivity index (χ1n) is 3.56. The van der Waals surface area contributed by atoms with E-state index in [2.05, 4.69) is 9.47 Å². The molecule has 0 aliphatic heterocycles. The summed E-state index contributed by atoms with van der Waals surface area (Å²) >= 11 is 0. The van der Waals surface area contributed by atoms with Gasteiger partial charge >= 0.3 is 12.1 Å². The number of rotatable bonds is 3. The molecule has 0 aliphatic carbocycles. The van der Waals surface area contributed by atoms with Gasteiger partial charge in [0.15, 0.2) is 0 Å². The standard InChI is InChI=1S/C7H10N2O4/c1-3-13-7(11)9-5(4-8)6(10)12-2/h5H,3H2,1-2H3,(H,9,11)/t5-/m1/s1. The smallest absolute Gasteiger partial charge is 0.408 e. The zero-order valence-electron chi connectivity index (χ0n) is 7.36. The third-order valence-electron chi connectivity index (χ3n) is 1.10. The summed E-state index contributed by atoms with van der Waals surface area (Å²) in [7, 11) is 1.12. The highest BCUT2D eigenvalue weighted by Crippen LogP contribution is 1.87. The Morgan fingerprint density at radius 3 is 2.62 bits per heavy atom. The van der Waals surface area contributed by atoms with Crippen molar-refractivity contribution in [3.8, 4) is 6.07 Å². The number of nitriles is 1. The number of alkyl carbamates (subject to hydrolysis) is 1. The van der Waals surface area contributed by atoms with Gasteiger partial charge in [-0.3, -0.25) is 5.32 Å². The normalized spacial score (nSPS) is 10.8. The van der Waals surface area contributed by atoms with E-state index in [9.17, 15) is 9.59 Å². The van der Waals surface area contributed by atoms with Gasteiger partial charge < -0.3 is 9.47 Å². The second-order valence-electron chi connectivity index (χ2n) is 1.95. The van der Waals surface area contributed by atoms with Crippen molar-refractivity contribution >= 4 is 12.1 Å². The zero-order valence-corrected chi connectivity index (χ0v) is 7.36. The Balaban J connectivity index is 4.07. The van der Waals surface area contributed by atoms with Crippen LogP contribution in [0.5, 0.6) is 0 Å². The number of hydrogen-bond acceptors (Lipinski definition) is 5. The van der Waals surface area contributed by atoms with Crippen molar-refractivity contribution in [2.75, 3.05) is 13.7 Å². The van der Waals surface area contributed by atoms with Crippen molar-refractivity contribution in [3.63, 3.8) is 0 Å². The summed E-state index contributed by atoms with van der Waals surface area (Å²) in [5.41, 5.74) is 0. The van der Waals surface area contributed by atoms with Crippen LogP contribution in [0.25, 0.3) is 0 Å². The number of carbonyl (C=O) groups is 2. The topological polar surface area (TPSA) is 88.4 Å². The summed E-state index contributed by atoms with van der Waals surface area (Å²) in [6.07, 6.45) is -0.820. The molecule has 0 radical (unpaired) electrons. The lowest BCUT2D eigenvalue weighted by Gasteiger charge is -2.08. The van der Waals surface area contributed by atoms with E-state index >= 15 is 0 Å². The minimum absolute atomic E-state index is 0.172. The molecule has 6 heteroatoms. The molecular weight excluding hydrogens is 176 g/mol. The molecule has 0 aromatic carbocycles. The SMILES string of the molecule is CCOC(=O)N[C@H](C#N)C(=O)OC. The minimum atomic E-state index is -1.32.